The molecule has 0 aromatic heterocycles. The zero-order chi connectivity index (χ0) is 20.0. The van der Waals surface area contributed by atoms with Crippen LogP contribution in [0.2, 0.25) is 0 Å². The van der Waals surface area contributed by atoms with Gasteiger partial charge < -0.3 is 0 Å². The molecule has 0 spiro atoms. The molecule has 1 atom stereocenters. The molecule has 0 radical (unpaired) electrons. The van der Waals surface area contributed by atoms with E-state index in [1.165, 1.54) is 17.7 Å². The number of benzene rings is 2. The van der Waals surface area contributed by atoms with Gasteiger partial charge in [-0.15, -0.1) is 11.8 Å². The van der Waals surface area contributed by atoms with Gasteiger partial charge in [-0.25, -0.2) is 8.42 Å². The second-order valence-corrected chi connectivity index (χ2v) is 11.8. The molecule has 1 unspecified atom stereocenters. The maximum atomic E-state index is 13.0. The molecule has 3 rings (SSSR count). The number of nitrogens with zero attached hydrogens (tertiary/aromatic N) is 1. The van der Waals surface area contributed by atoms with Gasteiger partial charge in [0.25, 0.3) is 0 Å². The minimum atomic E-state index is -3.32. The van der Waals surface area contributed by atoms with Gasteiger partial charge in [0.1, 0.15) is 0 Å². The SMILES string of the molecule is CC(C)(CCCN1CCCC1CSc1ccccc1)S(=O)(=O)c1ccccc1. The Bertz CT molecular complexity index is 835. The Kier molecular flexibility index (Phi) is 7.24. The molecule has 0 aliphatic carbocycles. The lowest BCUT2D eigenvalue weighted by Crippen LogP contribution is -2.35. The van der Waals surface area contributed by atoms with Gasteiger partial charge in [-0.2, -0.15) is 0 Å². The van der Waals surface area contributed by atoms with Crippen molar-refractivity contribution >= 4 is 21.6 Å². The van der Waals surface area contributed by atoms with Crippen LogP contribution in [0.25, 0.3) is 0 Å². The summed E-state index contributed by atoms with van der Waals surface area (Å²) in [7, 11) is -3.32. The van der Waals surface area contributed by atoms with E-state index in [2.05, 4.69) is 35.2 Å². The van der Waals surface area contributed by atoms with Crippen LogP contribution in [-0.4, -0.2) is 42.9 Å². The van der Waals surface area contributed by atoms with Crippen molar-refractivity contribution in [1.29, 1.82) is 0 Å². The number of rotatable bonds is 9. The van der Waals surface area contributed by atoms with Gasteiger partial charge in [-0.05, 0) is 76.9 Å². The molecule has 5 heteroatoms. The fraction of sp³-hybridized carbons (Fsp3) is 0.478. The Morgan fingerprint density at radius 2 is 1.68 bits per heavy atom. The van der Waals surface area contributed by atoms with Crippen molar-refractivity contribution in [2.75, 3.05) is 18.8 Å². The van der Waals surface area contributed by atoms with Crippen LogP contribution in [0.1, 0.15) is 39.5 Å². The average molecular weight is 418 g/mol. The maximum Gasteiger partial charge on any atom is 0.183 e. The molecule has 1 heterocycles. The van der Waals surface area contributed by atoms with Crippen molar-refractivity contribution in [3.05, 3.63) is 60.7 Å². The lowest BCUT2D eigenvalue weighted by atomic mass is 10.1. The lowest BCUT2D eigenvalue weighted by molar-refractivity contribution is 0.263. The van der Waals surface area contributed by atoms with Gasteiger partial charge in [0, 0.05) is 16.7 Å². The molecule has 28 heavy (non-hydrogen) atoms. The van der Waals surface area contributed by atoms with Crippen LogP contribution in [0.15, 0.2) is 70.5 Å². The molecule has 2 aromatic carbocycles. The summed E-state index contributed by atoms with van der Waals surface area (Å²) in [5.74, 6) is 1.11. The third kappa shape index (κ3) is 5.19. The first-order valence-electron chi connectivity index (χ1n) is 10.1. The highest BCUT2D eigenvalue weighted by molar-refractivity contribution is 7.99. The zero-order valence-electron chi connectivity index (χ0n) is 16.9. The minimum absolute atomic E-state index is 0.429. The van der Waals surface area contributed by atoms with E-state index >= 15 is 0 Å². The van der Waals surface area contributed by atoms with Crippen LogP contribution in [0.5, 0.6) is 0 Å². The van der Waals surface area contributed by atoms with Gasteiger partial charge in [0.15, 0.2) is 9.84 Å². The summed E-state index contributed by atoms with van der Waals surface area (Å²) in [5, 5.41) is 0. The molecule has 1 fully saturated rings. The Morgan fingerprint density at radius 1 is 1.04 bits per heavy atom. The topological polar surface area (TPSA) is 37.4 Å². The van der Waals surface area contributed by atoms with Gasteiger partial charge >= 0.3 is 0 Å². The van der Waals surface area contributed by atoms with Crippen molar-refractivity contribution < 1.29 is 8.42 Å². The summed E-state index contributed by atoms with van der Waals surface area (Å²) >= 11 is 1.92. The highest BCUT2D eigenvalue weighted by Crippen LogP contribution is 2.31. The molecule has 1 aliphatic heterocycles. The van der Waals surface area contributed by atoms with E-state index in [1.54, 1.807) is 24.3 Å². The number of likely N-dealkylation sites (tertiary alicyclic amines) is 1. The van der Waals surface area contributed by atoms with Crippen LogP contribution in [-0.2, 0) is 9.84 Å². The monoisotopic (exact) mass is 417 g/mol. The summed E-state index contributed by atoms with van der Waals surface area (Å²) in [6.07, 6.45) is 4.07. The van der Waals surface area contributed by atoms with Crippen LogP contribution >= 0.6 is 11.8 Å². The van der Waals surface area contributed by atoms with Gasteiger partial charge in [-0.1, -0.05) is 36.4 Å². The molecule has 1 aliphatic rings. The molecule has 2 aromatic rings. The van der Waals surface area contributed by atoms with Crippen LogP contribution in [0, 0.1) is 0 Å². The smallest absolute Gasteiger partial charge is 0.183 e. The second-order valence-electron chi connectivity index (χ2n) is 8.14. The number of sulfone groups is 1. The summed E-state index contributed by atoms with van der Waals surface area (Å²) in [6, 6.07) is 20.0. The average Bonchev–Trinajstić information content (AvgIpc) is 3.15. The third-order valence-corrected chi connectivity index (χ3v) is 9.40. The van der Waals surface area contributed by atoms with E-state index < -0.39 is 14.6 Å². The molecular weight excluding hydrogens is 386 g/mol. The summed E-state index contributed by atoms with van der Waals surface area (Å²) < 4.78 is 25.2. The molecule has 1 saturated heterocycles. The van der Waals surface area contributed by atoms with E-state index in [1.807, 2.05) is 31.7 Å². The van der Waals surface area contributed by atoms with Crippen molar-refractivity contribution in [2.24, 2.45) is 0 Å². The van der Waals surface area contributed by atoms with E-state index in [0.29, 0.717) is 17.4 Å². The van der Waals surface area contributed by atoms with Crippen LogP contribution < -0.4 is 0 Å². The largest absolute Gasteiger partial charge is 0.300 e. The number of hydrogen-bond acceptors (Lipinski definition) is 4. The van der Waals surface area contributed by atoms with Crippen molar-refractivity contribution in [3.8, 4) is 0 Å². The first kappa shape index (κ1) is 21.4. The Hall–Kier alpha value is -1.30. The van der Waals surface area contributed by atoms with E-state index in [4.69, 9.17) is 0 Å². The summed E-state index contributed by atoms with van der Waals surface area (Å²) in [6.45, 7) is 5.84. The number of thioether (sulfide) groups is 1. The molecule has 0 amide bonds. The highest BCUT2D eigenvalue weighted by atomic mass is 32.2. The third-order valence-electron chi connectivity index (χ3n) is 5.69. The minimum Gasteiger partial charge on any atom is -0.300 e. The fourth-order valence-corrected chi connectivity index (χ4v) is 6.53. The molecule has 0 saturated carbocycles. The first-order chi connectivity index (χ1) is 13.4. The maximum absolute atomic E-state index is 13.0. The quantitative estimate of drug-likeness (QED) is 0.521. The Morgan fingerprint density at radius 3 is 2.36 bits per heavy atom. The standard InChI is InChI=1S/C23H31NO2S2/c1-23(2,28(25,26)22-14-7-4-8-15-22)16-10-18-24-17-9-11-20(24)19-27-21-12-5-3-6-13-21/h3-8,12-15,20H,9-11,16-19H2,1-2H3. The van der Waals surface area contributed by atoms with Crippen molar-refractivity contribution in [3.63, 3.8) is 0 Å². The highest BCUT2D eigenvalue weighted by Gasteiger charge is 2.35. The Balaban J connectivity index is 1.51. The molecule has 0 bridgehead atoms. The van der Waals surface area contributed by atoms with Gasteiger partial charge in [0.2, 0.25) is 0 Å². The fourth-order valence-electron chi connectivity index (χ4n) is 3.85. The van der Waals surface area contributed by atoms with E-state index in [9.17, 15) is 8.42 Å². The van der Waals surface area contributed by atoms with E-state index in [0.717, 1.165) is 25.3 Å². The summed E-state index contributed by atoms with van der Waals surface area (Å²) in [5.41, 5.74) is 0. The zero-order valence-corrected chi connectivity index (χ0v) is 18.5. The lowest BCUT2D eigenvalue weighted by Gasteiger charge is -2.28. The molecule has 152 valence electrons. The number of hydrogen-bond donors (Lipinski definition) is 0. The predicted octanol–water partition coefficient (Wildman–Crippen LogP) is 5.28. The van der Waals surface area contributed by atoms with Crippen LogP contribution in [0.4, 0.5) is 0 Å². The molecule has 3 nitrogen and oxygen atoms in total. The van der Waals surface area contributed by atoms with Crippen LogP contribution in [0.3, 0.4) is 0 Å². The van der Waals surface area contributed by atoms with E-state index in [-0.39, 0.29) is 0 Å². The molecule has 0 N–H and O–H groups in total. The summed E-state index contributed by atoms with van der Waals surface area (Å²) in [4.78, 5) is 4.31. The van der Waals surface area contributed by atoms with Crippen molar-refractivity contribution in [1.82, 2.24) is 4.90 Å². The Labute approximate surface area is 174 Å². The second kappa shape index (κ2) is 9.47. The predicted molar refractivity (Wildman–Crippen MR) is 119 cm³/mol. The molecular formula is C23H31NO2S2. The van der Waals surface area contributed by atoms with Crippen molar-refractivity contribution in [2.45, 2.75) is 60.1 Å². The normalized spacial score (nSPS) is 18.4. The first-order valence-corrected chi connectivity index (χ1v) is 12.6. The van der Waals surface area contributed by atoms with Gasteiger partial charge in [-0.3, -0.25) is 4.90 Å². The van der Waals surface area contributed by atoms with Gasteiger partial charge in [0.05, 0.1) is 9.64 Å².